The first kappa shape index (κ1) is 12.4. The van der Waals surface area contributed by atoms with Gasteiger partial charge in [-0.1, -0.05) is 13.8 Å². The van der Waals surface area contributed by atoms with Crippen LogP contribution in [-0.4, -0.2) is 17.1 Å². The van der Waals surface area contributed by atoms with Crippen molar-refractivity contribution in [3.63, 3.8) is 0 Å². The van der Waals surface area contributed by atoms with E-state index in [-0.39, 0.29) is 11.6 Å². The molecule has 2 N–H and O–H groups in total. The lowest BCUT2D eigenvalue weighted by Gasteiger charge is -2.19. The summed E-state index contributed by atoms with van der Waals surface area (Å²) in [6.45, 7) is 3.40. The van der Waals surface area contributed by atoms with Crippen molar-refractivity contribution in [2.45, 2.75) is 19.9 Å². The van der Waals surface area contributed by atoms with Crippen LogP contribution in [0.3, 0.4) is 0 Å². The average Bonchev–Trinajstić information content (AvgIpc) is 2.15. The van der Waals surface area contributed by atoms with Crippen molar-refractivity contribution in [2.75, 3.05) is 5.32 Å². The zero-order valence-corrected chi connectivity index (χ0v) is 9.00. The highest BCUT2D eigenvalue weighted by atomic mass is 19.1. The van der Waals surface area contributed by atoms with Crippen molar-refractivity contribution < 1.29 is 18.7 Å². The van der Waals surface area contributed by atoms with Gasteiger partial charge >= 0.3 is 5.97 Å². The highest BCUT2D eigenvalue weighted by Gasteiger charge is 2.22. The topological polar surface area (TPSA) is 49.3 Å². The largest absolute Gasteiger partial charge is 0.480 e. The van der Waals surface area contributed by atoms with Crippen molar-refractivity contribution in [2.24, 2.45) is 5.92 Å². The lowest BCUT2D eigenvalue weighted by Crippen LogP contribution is -2.34. The van der Waals surface area contributed by atoms with Crippen molar-refractivity contribution in [1.29, 1.82) is 0 Å². The molecule has 0 radical (unpaired) electrons. The van der Waals surface area contributed by atoms with E-state index in [1.807, 2.05) is 0 Å². The molecule has 0 bridgehead atoms. The van der Waals surface area contributed by atoms with Crippen LogP contribution in [-0.2, 0) is 4.79 Å². The zero-order chi connectivity index (χ0) is 12.3. The summed E-state index contributed by atoms with van der Waals surface area (Å²) in [5.41, 5.74) is -0.0116. The van der Waals surface area contributed by atoms with Gasteiger partial charge in [0.05, 0.1) is 5.69 Å². The van der Waals surface area contributed by atoms with E-state index in [4.69, 9.17) is 5.11 Å². The molecule has 0 aliphatic heterocycles. The number of rotatable bonds is 4. The van der Waals surface area contributed by atoms with Gasteiger partial charge in [0.15, 0.2) is 0 Å². The van der Waals surface area contributed by atoms with E-state index >= 15 is 0 Å². The number of carbonyl (C=O) groups is 1. The van der Waals surface area contributed by atoms with Gasteiger partial charge in [-0.15, -0.1) is 0 Å². The van der Waals surface area contributed by atoms with E-state index in [1.165, 1.54) is 6.07 Å². The zero-order valence-electron chi connectivity index (χ0n) is 9.00. The molecular formula is C11H13F2NO2. The Morgan fingerprint density at radius 2 is 2.00 bits per heavy atom. The van der Waals surface area contributed by atoms with Crippen molar-refractivity contribution in [1.82, 2.24) is 0 Å². The fraction of sp³-hybridized carbons (Fsp3) is 0.364. The average molecular weight is 229 g/mol. The summed E-state index contributed by atoms with van der Waals surface area (Å²) >= 11 is 0. The predicted octanol–water partition coefficient (Wildman–Crippen LogP) is 2.49. The smallest absolute Gasteiger partial charge is 0.326 e. The van der Waals surface area contributed by atoms with Crippen molar-refractivity contribution >= 4 is 11.7 Å². The van der Waals surface area contributed by atoms with Gasteiger partial charge in [0.25, 0.3) is 0 Å². The highest BCUT2D eigenvalue weighted by Crippen LogP contribution is 2.18. The van der Waals surface area contributed by atoms with E-state index in [1.54, 1.807) is 13.8 Å². The number of hydrogen-bond donors (Lipinski definition) is 2. The summed E-state index contributed by atoms with van der Waals surface area (Å²) < 4.78 is 25.9. The number of hydrogen-bond acceptors (Lipinski definition) is 2. The summed E-state index contributed by atoms with van der Waals surface area (Å²) in [5, 5.41) is 11.4. The highest BCUT2D eigenvalue weighted by molar-refractivity contribution is 5.77. The maximum Gasteiger partial charge on any atom is 0.326 e. The van der Waals surface area contributed by atoms with Crippen LogP contribution in [0.5, 0.6) is 0 Å². The molecule has 5 heteroatoms. The van der Waals surface area contributed by atoms with Gasteiger partial charge in [-0.3, -0.25) is 0 Å². The van der Waals surface area contributed by atoms with Crippen LogP contribution in [0.15, 0.2) is 18.2 Å². The molecule has 1 atom stereocenters. The monoisotopic (exact) mass is 229 g/mol. The molecule has 0 saturated carbocycles. The standard InChI is InChI=1S/C11H13F2NO2/c1-6(2)10(11(15)16)14-9-4-3-7(12)5-8(9)13/h3-6,10,14H,1-2H3,(H,15,16). The van der Waals surface area contributed by atoms with Crippen LogP contribution in [0.2, 0.25) is 0 Å². The molecule has 1 aromatic rings. The molecule has 0 aliphatic carbocycles. The van der Waals surface area contributed by atoms with E-state index in [0.717, 1.165) is 6.07 Å². The summed E-state index contributed by atoms with van der Waals surface area (Å²) in [5.74, 6) is -2.77. The molecule has 1 unspecified atom stereocenters. The minimum Gasteiger partial charge on any atom is -0.480 e. The van der Waals surface area contributed by atoms with Gasteiger partial charge in [0, 0.05) is 6.07 Å². The number of benzene rings is 1. The first-order chi connectivity index (χ1) is 7.41. The van der Waals surface area contributed by atoms with Gasteiger partial charge in [-0.2, -0.15) is 0 Å². The van der Waals surface area contributed by atoms with Crippen LogP contribution in [0.4, 0.5) is 14.5 Å². The lowest BCUT2D eigenvalue weighted by atomic mass is 10.0. The SMILES string of the molecule is CC(C)C(Nc1ccc(F)cc1F)C(=O)O. The Labute approximate surface area is 92.1 Å². The van der Waals surface area contributed by atoms with Gasteiger partial charge in [0.2, 0.25) is 0 Å². The number of halogens is 2. The fourth-order valence-corrected chi connectivity index (χ4v) is 1.29. The second-order valence-electron chi connectivity index (χ2n) is 3.83. The summed E-state index contributed by atoms with van der Waals surface area (Å²) in [7, 11) is 0. The molecule has 0 amide bonds. The molecule has 0 fully saturated rings. The Morgan fingerprint density at radius 3 is 2.44 bits per heavy atom. The summed E-state index contributed by atoms with van der Waals surface area (Å²) in [6.07, 6.45) is 0. The number of aliphatic carboxylic acids is 1. The fourth-order valence-electron chi connectivity index (χ4n) is 1.29. The lowest BCUT2D eigenvalue weighted by molar-refractivity contribution is -0.138. The first-order valence-electron chi connectivity index (χ1n) is 4.86. The molecule has 0 heterocycles. The second kappa shape index (κ2) is 4.92. The maximum atomic E-state index is 13.2. The van der Waals surface area contributed by atoms with Crippen LogP contribution < -0.4 is 5.32 Å². The summed E-state index contributed by atoms with van der Waals surface area (Å²) in [4.78, 5) is 10.9. The Morgan fingerprint density at radius 1 is 1.38 bits per heavy atom. The Hall–Kier alpha value is -1.65. The molecule has 16 heavy (non-hydrogen) atoms. The second-order valence-corrected chi connectivity index (χ2v) is 3.83. The van der Waals surface area contributed by atoms with Gasteiger partial charge in [0.1, 0.15) is 17.7 Å². The van der Waals surface area contributed by atoms with E-state index in [9.17, 15) is 13.6 Å². The van der Waals surface area contributed by atoms with Gasteiger partial charge in [-0.25, -0.2) is 13.6 Å². The molecule has 1 rings (SSSR count). The van der Waals surface area contributed by atoms with Crippen LogP contribution in [0.1, 0.15) is 13.8 Å². The van der Waals surface area contributed by atoms with E-state index < -0.39 is 23.6 Å². The van der Waals surface area contributed by atoms with E-state index in [2.05, 4.69) is 5.32 Å². The first-order valence-corrected chi connectivity index (χ1v) is 4.86. The van der Waals surface area contributed by atoms with Crippen LogP contribution in [0.25, 0.3) is 0 Å². The molecule has 0 saturated heterocycles. The Bertz CT molecular complexity index is 394. The Balaban J connectivity index is 2.90. The normalized spacial score (nSPS) is 12.6. The Kier molecular flexibility index (Phi) is 3.82. The van der Waals surface area contributed by atoms with Crippen LogP contribution in [0, 0.1) is 17.6 Å². The minimum atomic E-state index is -1.07. The molecule has 1 aromatic carbocycles. The van der Waals surface area contributed by atoms with Crippen molar-refractivity contribution in [3.8, 4) is 0 Å². The molecule has 0 aliphatic rings. The third-order valence-corrected chi connectivity index (χ3v) is 2.17. The van der Waals surface area contributed by atoms with Gasteiger partial charge < -0.3 is 10.4 Å². The number of carboxylic acid groups (broad SMARTS) is 1. The van der Waals surface area contributed by atoms with E-state index in [0.29, 0.717) is 6.07 Å². The predicted molar refractivity (Wildman–Crippen MR) is 56.2 cm³/mol. The summed E-state index contributed by atoms with van der Waals surface area (Å²) in [6, 6.07) is 2.06. The maximum absolute atomic E-state index is 13.2. The van der Waals surface area contributed by atoms with Gasteiger partial charge in [-0.05, 0) is 18.1 Å². The third-order valence-electron chi connectivity index (χ3n) is 2.17. The molecule has 88 valence electrons. The van der Waals surface area contributed by atoms with Crippen LogP contribution >= 0.6 is 0 Å². The molecule has 3 nitrogen and oxygen atoms in total. The number of nitrogens with one attached hydrogen (secondary N) is 1. The number of carboxylic acids is 1. The van der Waals surface area contributed by atoms with Crippen molar-refractivity contribution in [3.05, 3.63) is 29.8 Å². The minimum absolute atomic E-state index is 0.0116. The third kappa shape index (κ3) is 2.92. The molecule has 0 spiro atoms. The molecule has 0 aromatic heterocycles. The quantitative estimate of drug-likeness (QED) is 0.833. The molecular weight excluding hydrogens is 216 g/mol. The number of anilines is 1.